The third-order valence-electron chi connectivity index (χ3n) is 2.45. The van der Waals surface area contributed by atoms with Gasteiger partial charge in [0, 0.05) is 16.0 Å². The van der Waals surface area contributed by atoms with Gasteiger partial charge in [0.1, 0.15) is 0 Å². The van der Waals surface area contributed by atoms with Crippen molar-refractivity contribution in [2.45, 2.75) is 35.6 Å². The number of thiazole rings is 1. The Balaban J connectivity index is 2.08. The zero-order valence-corrected chi connectivity index (χ0v) is 11.5. The predicted molar refractivity (Wildman–Crippen MR) is 72.7 cm³/mol. The molecule has 1 aromatic carbocycles. The Morgan fingerprint density at radius 1 is 1.35 bits per heavy atom. The Morgan fingerprint density at radius 3 is 2.59 bits per heavy atom. The number of nitrogens with zero attached hydrogens (tertiary/aromatic N) is 1. The van der Waals surface area contributed by atoms with Crippen molar-refractivity contribution in [3.8, 4) is 0 Å². The number of aliphatic hydroxyl groups excluding tert-OH is 1. The van der Waals surface area contributed by atoms with Crippen LogP contribution in [0.4, 0.5) is 0 Å². The van der Waals surface area contributed by atoms with Gasteiger partial charge in [0.05, 0.1) is 6.10 Å². The van der Waals surface area contributed by atoms with Crippen LogP contribution in [0.5, 0.6) is 0 Å². The molecule has 1 atom stereocenters. The minimum atomic E-state index is -0.351. The second-order valence-electron chi connectivity index (χ2n) is 3.85. The van der Waals surface area contributed by atoms with E-state index in [0.29, 0.717) is 0 Å². The summed E-state index contributed by atoms with van der Waals surface area (Å²) in [5.74, 6) is 0. The summed E-state index contributed by atoms with van der Waals surface area (Å²) in [6.45, 7) is 3.98. The molecule has 2 nitrogen and oxygen atoms in total. The highest BCUT2D eigenvalue weighted by molar-refractivity contribution is 8.01. The zero-order valence-electron chi connectivity index (χ0n) is 9.88. The van der Waals surface area contributed by atoms with Gasteiger partial charge in [0.2, 0.25) is 0 Å². The fourth-order valence-electron chi connectivity index (χ4n) is 1.47. The largest absolute Gasteiger partial charge is 0.388 e. The molecule has 0 radical (unpaired) electrons. The molecule has 0 bridgehead atoms. The molecule has 0 unspecified atom stereocenters. The smallest absolute Gasteiger partial charge is 0.154 e. The molecule has 17 heavy (non-hydrogen) atoms. The van der Waals surface area contributed by atoms with Crippen LogP contribution in [-0.4, -0.2) is 10.1 Å². The quantitative estimate of drug-likeness (QED) is 0.905. The molecule has 4 heteroatoms. The van der Waals surface area contributed by atoms with E-state index in [1.54, 1.807) is 23.1 Å². The lowest BCUT2D eigenvalue weighted by Gasteiger charge is -2.08. The highest BCUT2D eigenvalue weighted by atomic mass is 32.2. The van der Waals surface area contributed by atoms with E-state index in [1.165, 1.54) is 0 Å². The van der Waals surface area contributed by atoms with Gasteiger partial charge < -0.3 is 5.11 Å². The van der Waals surface area contributed by atoms with Crippen LogP contribution in [0.15, 0.2) is 38.9 Å². The molecule has 90 valence electrons. The first-order valence-corrected chi connectivity index (χ1v) is 7.26. The van der Waals surface area contributed by atoms with Gasteiger partial charge in [0.25, 0.3) is 0 Å². The molecule has 0 fully saturated rings. The number of hydrogen-bond donors (Lipinski definition) is 1. The molecule has 0 saturated heterocycles. The van der Waals surface area contributed by atoms with Gasteiger partial charge in [-0.1, -0.05) is 30.8 Å². The Hall–Kier alpha value is -0.840. The van der Waals surface area contributed by atoms with Crippen molar-refractivity contribution in [3.63, 3.8) is 0 Å². The molecule has 1 N–H and O–H groups in total. The van der Waals surface area contributed by atoms with E-state index in [-0.39, 0.29) is 6.10 Å². The first-order valence-electron chi connectivity index (χ1n) is 5.57. The van der Waals surface area contributed by atoms with E-state index in [0.717, 1.165) is 26.9 Å². The number of benzene rings is 1. The standard InChI is InChI=1S/C13H15NOS2/c1-3-12(15)10-4-6-11(7-5-10)17-13-14-9(2)8-16-13/h4-8,12,15H,3H2,1-2H3/t12-/m1/s1. The zero-order chi connectivity index (χ0) is 12.3. The van der Waals surface area contributed by atoms with E-state index in [4.69, 9.17) is 0 Å². The van der Waals surface area contributed by atoms with Gasteiger partial charge in [-0.2, -0.15) is 0 Å². The number of hydrogen-bond acceptors (Lipinski definition) is 4. The number of aliphatic hydroxyl groups is 1. The van der Waals surface area contributed by atoms with Crippen molar-refractivity contribution < 1.29 is 5.11 Å². The maximum Gasteiger partial charge on any atom is 0.154 e. The Bertz CT molecular complexity index is 478. The number of aryl methyl sites for hydroxylation is 1. The van der Waals surface area contributed by atoms with Gasteiger partial charge in [-0.3, -0.25) is 0 Å². The summed E-state index contributed by atoms with van der Waals surface area (Å²) in [5.41, 5.74) is 2.04. The molecule has 1 aromatic heterocycles. The maximum absolute atomic E-state index is 9.70. The average Bonchev–Trinajstić information content (AvgIpc) is 2.75. The van der Waals surface area contributed by atoms with Crippen LogP contribution in [-0.2, 0) is 0 Å². The summed E-state index contributed by atoms with van der Waals surface area (Å²) in [7, 11) is 0. The normalized spacial score (nSPS) is 12.6. The third-order valence-corrected chi connectivity index (χ3v) is 4.52. The Labute approximate surface area is 110 Å². The number of aromatic nitrogens is 1. The van der Waals surface area contributed by atoms with Gasteiger partial charge >= 0.3 is 0 Å². The first-order chi connectivity index (χ1) is 8.19. The van der Waals surface area contributed by atoms with Crippen molar-refractivity contribution in [1.29, 1.82) is 0 Å². The van der Waals surface area contributed by atoms with Crippen LogP contribution < -0.4 is 0 Å². The molecule has 0 amide bonds. The van der Waals surface area contributed by atoms with Gasteiger partial charge in [-0.15, -0.1) is 11.3 Å². The summed E-state index contributed by atoms with van der Waals surface area (Å²) in [4.78, 5) is 5.57. The maximum atomic E-state index is 9.70. The van der Waals surface area contributed by atoms with Gasteiger partial charge in [-0.25, -0.2) is 4.98 Å². The topological polar surface area (TPSA) is 33.1 Å². The summed E-state index contributed by atoms with van der Waals surface area (Å²) in [6, 6.07) is 8.04. The average molecular weight is 265 g/mol. The highest BCUT2D eigenvalue weighted by Gasteiger charge is 2.05. The molecule has 1 heterocycles. The van der Waals surface area contributed by atoms with E-state index >= 15 is 0 Å². The van der Waals surface area contributed by atoms with Crippen LogP contribution in [0.1, 0.15) is 30.7 Å². The van der Waals surface area contributed by atoms with Crippen molar-refractivity contribution in [3.05, 3.63) is 40.9 Å². The van der Waals surface area contributed by atoms with Gasteiger partial charge in [0.15, 0.2) is 4.34 Å². The fourth-order valence-corrected chi connectivity index (χ4v) is 3.28. The molecule has 0 aliphatic carbocycles. The van der Waals surface area contributed by atoms with E-state index in [2.05, 4.69) is 10.4 Å². The van der Waals surface area contributed by atoms with E-state index < -0.39 is 0 Å². The van der Waals surface area contributed by atoms with Crippen LogP contribution in [0.25, 0.3) is 0 Å². The lowest BCUT2D eigenvalue weighted by atomic mass is 10.1. The van der Waals surface area contributed by atoms with Crippen LogP contribution >= 0.6 is 23.1 Å². The number of rotatable bonds is 4. The SMILES string of the molecule is CC[C@@H](O)c1ccc(Sc2nc(C)cs2)cc1. The second kappa shape index (κ2) is 5.67. The monoisotopic (exact) mass is 265 g/mol. The lowest BCUT2D eigenvalue weighted by Crippen LogP contribution is -1.93. The first kappa shape index (κ1) is 12.6. The minimum Gasteiger partial charge on any atom is -0.388 e. The lowest BCUT2D eigenvalue weighted by molar-refractivity contribution is 0.173. The molecule has 0 aliphatic heterocycles. The van der Waals surface area contributed by atoms with Crippen LogP contribution in [0, 0.1) is 6.92 Å². The molecule has 0 saturated carbocycles. The Kier molecular flexibility index (Phi) is 4.20. The molecule has 0 aliphatic rings. The highest BCUT2D eigenvalue weighted by Crippen LogP contribution is 2.31. The second-order valence-corrected chi connectivity index (χ2v) is 6.03. The molecule has 2 aromatic rings. The summed E-state index contributed by atoms with van der Waals surface area (Å²) in [6.07, 6.45) is 0.397. The van der Waals surface area contributed by atoms with Crippen molar-refractivity contribution >= 4 is 23.1 Å². The summed E-state index contributed by atoms with van der Waals surface area (Å²) < 4.78 is 1.06. The molecular weight excluding hydrogens is 250 g/mol. The van der Waals surface area contributed by atoms with Crippen molar-refractivity contribution in [1.82, 2.24) is 4.98 Å². The molecule has 0 spiro atoms. The third kappa shape index (κ3) is 3.31. The minimum absolute atomic E-state index is 0.351. The van der Waals surface area contributed by atoms with Crippen LogP contribution in [0.2, 0.25) is 0 Å². The van der Waals surface area contributed by atoms with Crippen LogP contribution in [0.3, 0.4) is 0 Å². The van der Waals surface area contributed by atoms with E-state index in [1.807, 2.05) is 38.1 Å². The fraction of sp³-hybridized carbons (Fsp3) is 0.308. The molecule has 2 rings (SSSR count). The van der Waals surface area contributed by atoms with Crippen molar-refractivity contribution in [2.75, 3.05) is 0 Å². The van der Waals surface area contributed by atoms with Gasteiger partial charge in [-0.05, 0) is 31.0 Å². The Morgan fingerprint density at radius 2 is 2.06 bits per heavy atom. The molecular formula is C13H15NOS2. The van der Waals surface area contributed by atoms with Crippen molar-refractivity contribution in [2.24, 2.45) is 0 Å². The summed E-state index contributed by atoms with van der Waals surface area (Å²) >= 11 is 3.32. The predicted octanol–water partition coefficient (Wildman–Crippen LogP) is 4.05. The van der Waals surface area contributed by atoms with E-state index in [9.17, 15) is 5.11 Å². The summed E-state index contributed by atoms with van der Waals surface area (Å²) in [5, 5.41) is 11.7.